The predicted molar refractivity (Wildman–Crippen MR) is 126 cm³/mol. The molecule has 5 nitrogen and oxygen atoms in total. The minimum atomic E-state index is -0.0850. The molecule has 0 unspecified atom stereocenters. The van der Waals surface area contributed by atoms with Gasteiger partial charge in [-0.15, -0.1) is 0 Å². The van der Waals surface area contributed by atoms with Gasteiger partial charge in [0.05, 0.1) is 17.8 Å². The summed E-state index contributed by atoms with van der Waals surface area (Å²) in [6, 6.07) is 21.9. The van der Waals surface area contributed by atoms with Gasteiger partial charge < -0.3 is 14.8 Å². The second-order valence-corrected chi connectivity index (χ2v) is 8.22. The average Bonchev–Trinajstić information content (AvgIpc) is 3.40. The van der Waals surface area contributed by atoms with Crippen LogP contribution >= 0.6 is 23.8 Å². The van der Waals surface area contributed by atoms with E-state index >= 15 is 0 Å². The molecule has 0 radical (unpaired) electrons. The van der Waals surface area contributed by atoms with Crippen LogP contribution in [0.5, 0.6) is 0 Å². The third kappa shape index (κ3) is 3.92. The minimum absolute atomic E-state index is 0.0587. The Morgan fingerprint density at radius 1 is 1.00 bits per heavy atom. The van der Waals surface area contributed by atoms with Gasteiger partial charge in [-0.2, -0.15) is 0 Å². The standard InChI is InChI=1S/C24H20ClN5S/c25-18-7-3-8-19(14-18)29-13-5-10-21(29)23-22(20-9-1-2-12-27-20)28-24(31)30(23)16-17-6-4-11-26-15-17/h1-15,22-23H,16H2,(H,28,31)/t22-,23+/m0/s1. The molecule has 1 fully saturated rings. The Morgan fingerprint density at radius 2 is 1.94 bits per heavy atom. The van der Waals surface area contributed by atoms with Gasteiger partial charge in [0.25, 0.3) is 0 Å². The van der Waals surface area contributed by atoms with Gasteiger partial charge in [0.2, 0.25) is 0 Å². The lowest BCUT2D eigenvalue weighted by Gasteiger charge is -2.29. The Labute approximate surface area is 191 Å². The molecule has 1 saturated heterocycles. The number of benzene rings is 1. The molecule has 2 atom stereocenters. The van der Waals surface area contributed by atoms with Gasteiger partial charge in [-0.1, -0.05) is 29.8 Å². The van der Waals surface area contributed by atoms with Crippen molar-refractivity contribution < 1.29 is 0 Å². The van der Waals surface area contributed by atoms with E-state index in [9.17, 15) is 0 Å². The molecular weight excluding hydrogens is 426 g/mol. The van der Waals surface area contributed by atoms with Crippen molar-refractivity contribution in [3.8, 4) is 5.69 Å². The smallest absolute Gasteiger partial charge is 0.170 e. The summed E-state index contributed by atoms with van der Waals surface area (Å²) in [4.78, 5) is 11.1. The van der Waals surface area contributed by atoms with E-state index in [0.717, 1.165) is 22.6 Å². The van der Waals surface area contributed by atoms with Crippen molar-refractivity contribution in [3.05, 3.63) is 113 Å². The zero-order valence-corrected chi connectivity index (χ0v) is 18.2. The van der Waals surface area contributed by atoms with Crippen LogP contribution in [-0.4, -0.2) is 24.5 Å². The normalized spacial score (nSPS) is 18.2. The lowest BCUT2D eigenvalue weighted by Crippen LogP contribution is -2.30. The van der Waals surface area contributed by atoms with Crippen molar-refractivity contribution in [1.29, 1.82) is 0 Å². The van der Waals surface area contributed by atoms with E-state index in [1.165, 1.54) is 0 Å². The quantitative estimate of drug-likeness (QED) is 0.433. The van der Waals surface area contributed by atoms with E-state index in [1.807, 2.05) is 54.9 Å². The van der Waals surface area contributed by atoms with Crippen LogP contribution in [0.2, 0.25) is 5.02 Å². The molecule has 31 heavy (non-hydrogen) atoms. The molecule has 0 saturated carbocycles. The molecule has 4 aromatic rings. The lowest BCUT2D eigenvalue weighted by molar-refractivity contribution is 0.302. The number of nitrogens with one attached hydrogen (secondary N) is 1. The number of rotatable bonds is 5. The first-order valence-electron chi connectivity index (χ1n) is 10.0. The van der Waals surface area contributed by atoms with Gasteiger partial charge in [-0.3, -0.25) is 9.97 Å². The second kappa shape index (κ2) is 8.49. The molecule has 1 aliphatic rings. The fraction of sp³-hybridized carbons (Fsp3) is 0.125. The monoisotopic (exact) mass is 445 g/mol. The van der Waals surface area contributed by atoms with Crippen LogP contribution in [0.1, 0.15) is 29.0 Å². The predicted octanol–water partition coefficient (Wildman–Crippen LogP) is 5.09. The largest absolute Gasteiger partial charge is 0.352 e. The maximum absolute atomic E-state index is 6.28. The van der Waals surface area contributed by atoms with Crippen LogP contribution in [0.3, 0.4) is 0 Å². The summed E-state index contributed by atoms with van der Waals surface area (Å²) in [5.74, 6) is 0. The maximum atomic E-state index is 6.28. The Morgan fingerprint density at radius 3 is 2.71 bits per heavy atom. The highest BCUT2D eigenvalue weighted by molar-refractivity contribution is 7.80. The van der Waals surface area contributed by atoms with Crippen molar-refractivity contribution >= 4 is 28.9 Å². The number of hydrogen-bond acceptors (Lipinski definition) is 3. The number of pyridine rings is 2. The van der Waals surface area contributed by atoms with E-state index in [0.29, 0.717) is 16.7 Å². The summed E-state index contributed by atoms with van der Waals surface area (Å²) < 4.78 is 2.17. The zero-order valence-electron chi connectivity index (χ0n) is 16.6. The minimum Gasteiger partial charge on any atom is -0.352 e. The van der Waals surface area contributed by atoms with Crippen LogP contribution in [0.15, 0.2) is 91.5 Å². The zero-order chi connectivity index (χ0) is 21.2. The summed E-state index contributed by atoms with van der Waals surface area (Å²) in [6.45, 7) is 0.647. The van der Waals surface area contributed by atoms with Crippen molar-refractivity contribution in [2.45, 2.75) is 18.6 Å². The molecule has 0 bridgehead atoms. The van der Waals surface area contributed by atoms with Gasteiger partial charge in [0.1, 0.15) is 0 Å². The maximum Gasteiger partial charge on any atom is 0.170 e. The highest BCUT2D eigenvalue weighted by Crippen LogP contribution is 2.40. The Hall–Kier alpha value is -3.22. The summed E-state index contributed by atoms with van der Waals surface area (Å²) in [5.41, 5.74) is 4.15. The first-order valence-corrected chi connectivity index (χ1v) is 10.8. The van der Waals surface area contributed by atoms with E-state index in [4.69, 9.17) is 23.8 Å². The van der Waals surface area contributed by atoms with Crippen LogP contribution in [0.25, 0.3) is 5.69 Å². The molecule has 0 aliphatic carbocycles. The Kier molecular flexibility index (Phi) is 5.40. The molecular formula is C24H20ClN5S. The van der Waals surface area contributed by atoms with E-state index in [2.05, 4.69) is 55.2 Å². The Balaban J connectivity index is 1.61. The van der Waals surface area contributed by atoms with Crippen LogP contribution < -0.4 is 5.32 Å². The van der Waals surface area contributed by atoms with Crippen molar-refractivity contribution in [2.75, 3.05) is 0 Å². The molecule has 7 heteroatoms. The first kappa shape index (κ1) is 19.7. The van der Waals surface area contributed by atoms with Crippen LogP contribution in [0.4, 0.5) is 0 Å². The third-order valence-electron chi connectivity index (χ3n) is 5.44. The van der Waals surface area contributed by atoms with Gasteiger partial charge >= 0.3 is 0 Å². The number of thiocarbonyl (C=S) groups is 1. The molecule has 1 aromatic carbocycles. The summed E-state index contributed by atoms with van der Waals surface area (Å²) in [5, 5.41) is 4.90. The topological polar surface area (TPSA) is 46.0 Å². The van der Waals surface area contributed by atoms with Gasteiger partial charge in [-0.05, 0) is 66.3 Å². The van der Waals surface area contributed by atoms with Gasteiger partial charge in [0, 0.05) is 47.7 Å². The molecule has 4 heterocycles. The number of halogens is 1. The van der Waals surface area contributed by atoms with E-state index < -0.39 is 0 Å². The molecule has 154 valence electrons. The second-order valence-electron chi connectivity index (χ2n) is 7.40. The number of hydrogen-bond donors (Lipinski definition) is 1. The third-order valence-corrected chi connectivity index (χ3v) is 6.03. The highest BCUT2D eigenvalue weighted by Gasteiger charge is 2.41. The van der Waals surface area contributed by atoms with Gasteiger partial charge in [-0.25, -0.2) is 0 Å². The molecule has 1 aliphatic heterocycles. The first-order chi connectivity index (χ1) is 15.2. The molecule has 1 N–H and O–H groups in total. The van der Waals surface area contributed by atoms with Crippen molar-refractivity contribution in [2.24, 2.45) is 0 Å². The molecule has 3 aromatic heterocycles. The van der Waals surface area contributed by atoms with Crippen LogP contribution in [0, 0.1) is 0 Å². The highest BCUT2D eigenvalue weighted by atomic mass is 35.5. The SMILES string of the molecule is S=C1N[C@@H](c2ccccn2)[C@@H](c2cccn2-c2cccc(Cl)c2)N1Cc1cccnc1. The number of aromatic nitrogens is 3. The Bertz CT molecular complexity index is 1190. The van der Waals surface area contributed by atoms with E-state index in [1.54, 1.807) is 6.20 Å². The molecule has 0 spiro atoms. The fourth-order valence-corrected chi connectivity index (χ4v) is 4.57. The summed E-state index contributed by atoms with van der Waals surface area (Å²) in [7, 11) is 0. The van der Waals surface area contributed by atoms with Gasteiger partial charge in [0.15, 0.2) is 5.11 Å². The molecule has 5 rings (SSSR count). The number of nitrogens with zero attached hydrogens (tertiary/aromatic N) is 4. The van der Waals surface area contributed by atoms with Crippen LogP contribution in [-0.2, 0) is 6.54 Å². The van der Waals surface area contributed by atoms with Crippen molar-refractivity contribution in [3.63, 3.8) is 0 Å². The average molecular weight is 446 g/mol. The molecule has 0 amide bonds. The summed E-state index contributed by atoms with van der Waals surface area (Å²) in [6.07, 6.45) is 7.53. The lowest BCUT2D eigenvalue weighted by atomic mass is 10.0. The van der Waals surface area contributed by atoms with E-state index in [-0.39, 0.29) is 12.1 Å². The van der Waals surface area contributed by atoms with Crippen molar-refractivity contribution in [1.82, 2.24) is 24.8 Å². The summed E-state index contributed by atoms with van der Waals surface area (Å²) >= 11 is 12.1. The fourth-order valence-electron chi connectivity index (χ4n) is 4.08.